The van der Waals surface area contributed by atoms with Crippen LogP contribution >= 0.6 is 0 Å². The molecule has 0 unspecified atom stereocenters. The van der Waals surface area contributed by atoms with Gasteiger partial charge in [-0.1, -0.05) is 12.8 Å². The number of likely N-dealkylation sites (N-methyl/N-ethyl adjacent to an activating group) is 1. The van der Waals surface area contributed by atoms with Crippen LogP contribution < -0.4 is 0 Å². The summed E-state index contributed by atoms with van der Waals surface area (Å²) in [6, 6.07) is 0. The number of ketones is 1. The zero-order chi connectivity index (χ0) is 12.2. The molecule has 0 radical (unpaired) electrons. The number of carbonyl (C=O) groups excluding carboxylic acids is 1. The zero-order valence-corrected chi connectivity index (χ0v) is 11.0. The molecule has 0 aromatic rings. The maximum absolute atomic E-state index is 12.3. The lowest BCUT2D eigenvalue weighted by molar-refractivity contribution is -0.131. The SMILES string of the molecule is CC#CCC(=O)C1(N(C)C)CCC(C)CC1. The summed E-state index contributed by atoms with van der Waals surface area (Å²) in [7, 11) is 4.04. The standard InChI is InChI=1S/C14H23NO/c1-5-6-7-13(16)14(15(3)4)10-8-12(2)9-11-14/h12H,7-11H2,1-4H3. The fourth-order valence-corrected chi connectivity index (χ4v) is 2.55. The van der Waals surface area contributed by atoms with Crippen molar-refractivity contribution in [3.63, 3.8) is 0 Å². The van der Waals surface area contributed by atoms with E-state index in [0.29, 0.717) is 12.2 Å². The van der Waals surface area contributed by atoms with Gasteiger partial charge in [0.1, 0.15) is 0 Å². The minimum Gasteiger partial charge on any atom is -0.297 e. The van der Waals surface area contributed by atoms with Crippen molar-refractivity contribution < 1.29 is 4.79 Å². The van der Waals surface area contributed by atoms with Crippen molar-refractivity contribution in [1.29, 1.82) is 0 Å². The molecule has 0 saturated heterocycles. The Bertz CT molecular complexity index is 300. The van der Waals surface area contributed by atoms with E-state index in [0.717, 1.165) is 31.6 Å². The number of Topliss-reactive ketones (excluding diaryl/α,β-unsaturated/α-hetero) is 1. The molecule has 1 aliphatic rings. The smallest absolute Gasteiger partial charge is 0.164 e. The highest BCUT2D eigenvalue weighted by Crippen LogP contribution is 2.36. The monoisotopic (exact) mass is 221 g/mol. The fourth-order valence-electron chi connectivity index (χ4n) is 2.55. The summed E-state index contributed by atoms with van der Waals surface area (Å²) in [5.41, 5.74) is -0.240. The predicted octanol–water partition coefficient (Wildman–Crippen LogP) is 2.48. The molecule has 2 nitrogen and oxygen atoms in total. The van der Waals surface area contributed by atoms with Crippen LogP contribution in [0.2, 0.25) is 0 Å². The summed E-state index contributed by atoms with van der Waals surface area (Å²) in [6.45, 7) is 4.06. The Kier molecular flexibility index (Phi) is 4.56. The topological polar surface area (TPSA) is 20.3 Å². The molecule has 1 fully saturated rings. The Balaban J connectivity index is 2.79. The molecule has 0 N–H and O–H groups in total. The van der Waals surface area contributed by atoms with Crippen molar-refractivity contribution in [2.75, 3.05) is 14.1 Å². The lowest BCUT2D eigenvalue weighted by Crippen LogP contribution is -2.53. The maximum atomic E-state index is 12.3. The van der Waals surface area contributed by atoms with Gasteiger partial charge in [0.15, 0.2) is 5.78 Å². The minimum absolute atomic E-state index is 0.240. The third-order valence-electron chi connectivity index (χ3n) is 3.90. The van der Waals surface area contributed by atoms with Gasteiger partial charge in [-0.2, -0.15) is 0 Å². The Morgan fingerprint density at radius 2 is 1.94 bits per heavy atom. The van der Waals surface area contributed by atoms with Crippen LogP contribution in [0.1, 0.15) is 46.0 Å². The summed E-state index contributed by atoms with van der Waals surface area (Å²) in [4.78, 5) is 14.4. The average Bonchev–Trinajstić information content (AvgIpc) is 2.26. The number of carbonyl (C=O) groups is 1. The van der Waals surface area contributed by atoms with E-state index in [2.05, 4.69) is 23.7 Å². The van der Waals surface area contributed by atoms with Gasteiger partial charge in [-0.3, -0.25) is 9.69 Å². The molecule has 1 aliphatic carbocycles. The summed E-state index contributed by atoms with van der Waals surface area (Å²) >= 11 is 0. The van der Waals surface area contributed by atoms with E-state index in [-0.39, 0.29) is 5.54 Å². The van der Waals surface area contributed by atoms with Crippen LogP contribution in [0.4, 0.5) is 0 Å². The molecule has 0 heterocycles. The van der Waals surface area contributed by atoms with Crippen molar-refractivity contribution in [3.05, 3.63) is 0 Å². The van der Waals surface area contributed by atoms with Gasteiger partial charge >= 0.3 is 0 Å². The second kappa shape index (κ2) is 5.50. The van der Waals surface area contributed by atoms with Crippen molar-refractivity contribution in [2.24, 2.45) is 5.92 Å². The first-order valence-electron chi connectivity index (χ1n) is 6.13. The van der Waals surface area contributed by atoms with Gasteiger partial charge in [0.05, 0.1) is 12.0 Å². The van der Waals surface area contributed by atoms with Crippen molar-refractivity contribution in [3.8, 4) is 11.8 Å². The molecule has 0 bridgehead atoms. The Morgan fingerprint density at radius 1 is 1.38 bits per heavy atom. The Hall–Kier alpha value is -0.810. The predicted molar refractivity (Wildman–Crippen MR) is 67.1 cm³/mol. The number of hydrogen-bond acceptors (Lipinski definition) is 2. The second-order valence-corrected chi connectivity index (χ2v) is 5.14. The molecule has 2 heteroatoms. The first-order chi connectivity index (χ1) is 7.53. The van der Waals surface area contributed by atoms with E-state index >= 15 is 0 Å². The van der Waals surface area contributed by atoms with Crippen molar-refractivity contribution >= 4 is 5.78 Å². The molecule has 0 aromatic heterocycles. The minimum atomic E-state index is -0.240. The van der Waals surface area contributed by atoms with Crippen LogP contribution in [0, 0.1) is 17.8 Å². The largest absolute Gasteiger partial charge is 0.297 e. The van der Waals surface area contributed by atoms with Gasteiger partial charge in [-0.05, 0) is 52.6 Å². The van der Waals surface area contributed by atoms with E-state index in [4.69, 9.17) is 0 Å². The van der Waals surface area contributed by atoms with Gasteiger partial charge < -0.3 is 0 Å². The van der Waals surface area contributed by atoms with Gasteiger partial charge in [0, 0.05) is 0 Å². The van der Waals surface area contributed by atoms with Crippen molar-refractivity contribution in [2.45, 2.75) is 51.5 Å². The van der Waals surface area contributed by atoms with Crippen LogP contribution in [0.15, 0.2) is 0 Å². The molecule has 16 heavy (non-hydrogen) atoms. The molecule has 0 atom stereocenters. The van der Waals surface area contributed by atoms with Crippen molar-refractivity contribution in [1.82, 2.24) is 4.90 Å². The van der Waals surface area contributed by atoms with E-state index in [9.17, 15) is 4.79 Å². The zero-order valence-electron chi connectivity index (χ0n) is 11.0. The van der Waals surface area contributed by atoms with E-state index in [1.807, 2.05) is 14.1 Å². The molecule has 1 rings (SSSR count). The average molecular weight is 221 g/mol. The highest BCUT2D eigenvalue weighted by atomic mass is 16.1. The molecular weight excluding hydrogens is 198 g/mol. The Morgan fingerprint density at radius 3 is 2.38 bits per heavy atom. The van der Waals surface area contributed by atoms with Gasteiger partial charge in [0.25, 0.3) is 0 Å². The molecule has 1 saturated carbocycles. The molecular formula is C14H23NO. The second-order valence-electron chi connectivity index (χ2n) is 5.14. The lowest BCUT2D eigenvalue weighted by atomic mass is 9.73. The normalized spacial score (nSPS) is 29.7. The first-order valence-corrected chi connectivity index (χ1v) is 6.13. The number of nitrogens with zero attached hydrogens (tertiary/aromatic N) is 1. The third kappa shape index (κ3) is 2.65. The number of rotatable bonds is 3. The van der Waals surface area contributed by atoms with Crippen LogP contribution in [0.5, 0.6) is 0 Å². The molecule has 0 amide bonds. The quantitative estimate of drug-likeness (QED) is 0.682. The van der Waals surface area contributed by atoms with Crippen LogP contribution in [-0.4, -0.2) is 30.3 Å². The maximum Gasteiger partial charge on any atom is 0.164 e. The van der Waals surface area contributed by atoms with Gasteiger partial charge in [-0.25, -0.2) is 0 Å². The summed E-state index contributed by atoms with van der Waals surface area (Å²) in [6.07, 6.45) is 4.70. The highest BCUT2D eigenvalue weighted by Gasteiger charge is 2.41. The van der Waals surface area contributed by atoms with Crippen LogP contribution in [0.25, 0.3) is 0 Å². The lowest BCUT2D eigenvalue weighted by Gasteiger charge is -2.43. The number of hydrogen-bond donors (Lipinski definition) is 0. The van der Waals surface area contributed by atoms with E-state index < -0.39 is 0 Å². The van der Waals surface area contributed by atoms with E-state index in [1.54, 1.807) is 6.92 Å². The van der Waals surface area contributed by atoms with Crippen LogP contribution in [0.3, 0.4) is 0 Å². The molecule has 90 valence electrons. The van der Waals surface area contributed by atoms with Gasteiger partial charge in [-0.15, -0.1) is 5.92 Å². The molecule has 0 aromatic carbocycles. The fraction of sp³-hybridized carbons (Fsp3) is 0.786. The van der Waals surface area contributed by atoms with Crippen LogP contribution in [-0.2, 0) is 4.79 Å². The summed E-state index contributed by atoms with van der Waals surface area (Å²) in [5.74, 6) is 6.79. The van der Waals surface area contributed by atoms with Gasteiger partial charge in [0.2, 0.25) is 0 Å². The summed E-state index contributed by atoms with van der Waals surface area (Å²) < 4.78 is 0. The highest BCUT2D eigenvalue weighted by molar-refractivity contribution is 5.90. The summed E-state index contributed by atoms with van der Waals surface area (Å²) in [5, 5.41) is 0. The molecule has 0 aliphatic heterocycles. The van der Waals surface area contributed by atoms with E-state index in [1.165, 1.54) is 0 Å². The molecule has 0 spiro atoms. The Labute approximate surface area is 99.4 Å². The third-order valence-corrected chi connectivity index (χ3v) is 3.90. The first kappa shape index (κ1) is 13.3.